The predicted molar refractivity (Wildman–Crippen MR) is 82.1 cm³/mol. The minimum atomic E-state index is -3.49. The van der Waals surface area contributed by atoms with Crippen LogP contribution in [0.15, 0.2) is 27.9 Å². The summed E-state index contributed by atoms with van der Waals surface area (Å²) >= 11 is 0. The summed E-state index contributed by atoms with van der Waals surface area (Å²) in [4.78, 5) is 12.3. The summed E-state index contributed by atoms with van der Waals surface area (Å²) in [5, 5.41) is 0.849. The molecule has 2 heterocycles. The maximum atomic E-state index is 12.3. The number of nitrogens with zero attached hydrogens (tertiary/aromatic N) is 1. The van der Waals surface area contributed by atoms with Gasteiger partial charge >= 0.3 is 0 Å². The molecule has 1 aliphatic heterocycles. The third-order valence-corrected chi connectivity index (χ3v) is 5.36. The molecule has 0 radical (unpaired) electrons. The van der Waals surface area contributed by atoms with Crippen molar-refractivity contribution in [3.63, 3.8) is 0 Å². The van der Waals surface area contributed by atoms with Crippen molar-refractivity contribution < 1.29 is 8.42 Å². The first-order valence-corrected chi connectivity index (χ1v) is 8.59. The second-order valence-corrected chi connectivity index (χ2v) is 7.21. The number of hydrogen-bond acceptors (Lipinski definition) is 3. The third kappa shape index (κ3) is 2.28. The topological polar surface area (TPSA) is 68.2 Å². The first-order valence-electron chi connectivity index (χ1n) is 7.11. The van der Waals surface area contributed by atoms with Crippen LogP contribution in [-0.4, -0.2) is 19.5 Å². The highest BCUT2D eigenvalue weighted by atomic mass is 32.2. The summed E-state index contributed by atoms with van der Waals surface area (Å²) in [5.41, 5.74) is 2.63. The second-order valence-electron chi connectivity index (χ2n) is 5.44. The number of aryl methyl sites for hydroxylation is 3. The Morgan fingerprint density at radius 1 is 1.29 bits per heavy atom. The van der Waals surface area contributed by atoms with Crippen LogP contribution < -0.4 is 10.3 Å². The van der Waals surface area contributed by atoms with Gasteiger partial charge in [-0.3, -0.25) is 4.79 Å². The Morgan fingerprint density at radius 3 is 2.76 bits per heavy atom. The lowest BCUT2D eigenvalue weighted by Crippen LogP contribution is -2.24. The van der Waals surface area contributed by atoms with Gasteiger partial charge in [-0.1, -0.05) is 6.92 Å². The molecule has 0 bridgehead atoms. The van der Waals surface area contributed by atoms with Gasteiger partial charge in [-0.2, -0.15) is 0 Å². The van der Waals surface area contributed by atoms with E-state index in [0.29, 0.717) is 19.5 Å². The van der Waals surface area contributed by atoms with E-state index >= 15 is 0 Å². The van der Waals surface area contributed by atoms with Gasteiger partial charge in [0.15, 0.2) is 0 Å². The molecular weight excluding hydrogens is 288 g/mol. The van der Waals surface area contributed by atoms with Gasteiger partial charge in [0.1, 0.15) is 0 Å². The molecule has 1 aliphatic rings. The van der Waals surface area contributed by atoms with Gasteiger partial charge in [0, 0.05) is 24.5 Å². The van der Waals surface area contributed by atoms with Gasteiger partial charge in [0.25, 0.3) is 5.56 Å². The van der Waals surface area contributed by atoms with Gasteiger partial charge in [-0.15, -0.1) is 0 Å². The van der Waals surface area contributed by atoms with E-state index in [0.717, 1.165) is 28.5 Å². The molecule has 0 unspecified atom stereocenters. The van der Waals surface area contributed by atoms with E-state index in [4.69, 9.17) is 0 Å². The van der Waals surface area contributed by atoms with E-state index in [-0.39, 0.29) is 10.5 Å². The molecule has 0 saturated carbocycles. The van der Waals surface area contributed by atoms with Crippen LogP contribution in [0.5, 0.6) is 0 Å². The molecule has 0 atom stereocenters. The van der Waals surface area contributed by atoms with Crippen molar-refractivity contribution in [1.29, 1.82) is 0 Å². The Hall–Kier alpha value is -1.66. The largest absolute Gasteiger partial charge is 0.308 e. The van der Waals surface area contributed by atoms with Crippen LogP contribution >= 0.6 is 0 Å². The van der Waals surface area contributed by atoms with Crippen molar-refractivity contribution in [1.82, 2.24) is 9.29 Å². The molecule has 3 rings (SSSR count). The highest BCUT2D eigenvalue weighted by Crippen LogP contribution is 2.29. The van der Waals surface area contributed by atoms with Crippen LogP contribution in [-0.2, 0) is 23.0 Å². The van der Waals surface area contributed by atoms with Crippen molar-refractivity contribution in [2.24, 2.45) is 0 Å². The van der Waals surface area contributed by atoms with Crippen LogP contribution in [0.4, 0.5) is 0 Å². The van der Waals surface area contributed by atoms with E-state index in [1.54, 1.807) is 22.8 Å². The Balaban J connectivity index is 2.25. The highest BCUT2D eigenvalue weighted by molar-refractivity contribution is 7.89. The summed E-state index contributed by atoms with van der Waals surface area (Å²) in [7, 11) is -3.49. The van der Waals surface area contributed by atoms with Crippen molar-refractivity contribution in [2.75, 3.05) is 6.54 Å². The van der Waals surface area contributed by atoms with E-state index in [9.17, 15) is 13.2 Å². The maximum absolute atomic E-state index is 12.3. The van der Waals surface area contributed by atoms with Crippen LogP contribution in [0, 0.1) is 6.92 Å². The summed E-state index contributed by atoms with van der Waals surface area (Å²) in [5.74, 6) is 0. The van der Waals surface area contributed by atoms with E-state index in [1.807, 2.05) is 13.8 Å². The highest BCUT2D eigenvalue weighted by Gasteiger charge is 2.22. The Bertz CT molecular complexity index is 882. The average Bonchev–Trinajstić information content (AvgIpc) is 2.87. The Labute approximate surface area is 123 Å². The van der Waals surface area contributed by atoms with Crippen molar-refractivity contribution in [3.8, 4) is 0 Å². The van der Waals surface area contributed by atoms with Crippen LogP contribution in [0.2, 0.25) is 0 Å². The molecule has 112 valence electrons. The van der Waals surface area contributed by atoms with Crippen LogP contribution in [0.25, 0.3) is 10.9 Å². The van der Waals surface area contributed by atoms with Crippen LogP contribution in [0.1, 0.15) is 24.5 Å². The van der Waals surface area contributed by atoms with E-state index < -0.39 is 10.0 Å². The molecule has 0 spiro atoms. The molecule has 21 heavy (non-hydrogen) atoms. The van der Waals surface area contributed by atoms with Crippen molar-refractivity contribution in [2.45, 2.75) is 38.1 Å². The smallest absolute Gasteiger partial charge is 0.251 e. The molecule has 6 heteroatoms. The molecule has 0 aliphatic carbocycles. The lowest BCUT2D eigenvalue weighted by atomic mass is 10.1. The van der Waals surface area contributed by atoms with Gasteiger partial charge in [-0.05, 0) is 43.0 Å². The van der Waals surface area contributed by atoms with Crippen LogP contribution in [0.3, 0.4) is 0 Å². The van der Waals surface area contributed by atoms with Crippen molar-refractivity contribution in [3.05, 3.63) is 39.7 Å². The second kappa shape index (κ2) is 4.96. The molecule has 0 saturated heterocycles. The first kappa shape index (κ1) is 14.3. The van der Waals surface area contributed by atoms with E-state index in [1.165, 1.54) is 0 Å². The number of hydrogen-bond donors (Lipinski definition) is 1. The molecule has 2 aromatic rings. The summed E-state index contributed by atoms with van der Waals surface area (Å²) in [6, 6.07) is 4.95. The standard InChI is InChI=1S/C15H18N2O3S/c1-3-5-16-21(19,20)12-8-11-4-6-17-14(18)7-10(2)13(9-12)15(11)17/h7-9,16H,3-6H2,1-2H3. The average molecular weight is 306 g/mol. The summed E-state index contributed by atoms with van der Waals surface area (Å²) in [6.45, 7) is 4.81. The molecule has 1 aromatic heterocycles. The molecule has 5 nitrogen and oxygen atoms in total. The van der Waals surface area contributed by atoms with Gasteiger partial charge in [-0.25, -0.2) is 13.1 Å². The lowest BCUT2D eigenvalue weighted by Gasteiger charge is -2.11. The summed E-state index contributed by atoms with van der Waals surface area (Å²) in [6.07, 6.45) is 1.45. The molecule has 1 aromatic carbocycles. The third-order valence-electron chi connectivity index (χ3n) is 3.92. The monoisotopic (exact) mass is 306 g/mol. The predicted octanol–water partition coefficient (Wildman–Crippen LogP) is 1.55. The number of benzene rings is 1. The van der Waals surface area contributed by atoms with Gasteiger partial charge in [0.05, 0.1) is 10.4 Å². The zero-order valence-electron chi connectivity index (χ0n) is 12.1. The van der Waals surface area contributed by atoms with Gasteiger partial charge < -0.3 is 4.57 Å². The molecular formula is C15H18N2O3S. The normalized spacial score (nSPS) is 14.0. The minimum Gasteiger partial charge on any atom is -0.308 e. The first-order chi connectivity index (χ1) is 9.94. The lowest BCUT2D eigenvalue weighted by molar-refractivity contribution is 0.581. The van der Waals surface area contributed by atoms with E-state index in [2.05, 4.69) is 4.72 Å². The summed E-state index contributed by atoms with van der Waals surface area (Å²) < 4.78 is 29.0. The quantitative estimate of drug-likeness (QED) is 0.932. The Kier molecular flexibility index (Phi) is 3.37. The maximum Gasteiger partial charge on any atom is 0.251 e. The molecule has 1 N–H and O–H groups in total. The fourth-order valence-electron chi connectivity index (χ4n) is 2.86. The minimum absolute atomic E-state index is 0.0153. The SMILES string of the molecule is CCCNS(=O)(=O)c1cc2c3c(c1)c(C)cc(=O)n3CC2. The Morgan fingerprint density at radius 2 is 2.05 bits per heavy atom. The zero-order chi connectivity index (χ0) is 15.2. The fourth-order valence-corrected chi connectivity index (χ4v) is 4.07. The number of aromatic nitrogens is 1. The number of rotatable bonds is 4. The zero-order valence-corrected chi connectivity index (χ0v) is 13.0. The molecule has 0 fully saturated rings. The number of nitrogens with one attached hydrogen (secondary N) is 1. The number of pyridine rings is 1. The van der Waals surface area contributed by atoms with Gasteiger partial charge in [0.2, 0.25) is 10.0 Å². The number of sulfonamides is 1. The van der Waals surface area contributed by atoms with Crippen molar-refractivity contribution >= 4 is 20.9 Å². The fraction of sp³-hybridized carbons (Fsp3) is 0.400. The molecule has 0 amide bonds.